The molecule has 218 valence electrons. The van der Waals surface area contributed by atoms with E-state index in [1.54, 1.807) is 6.20 Å². The van der Waals surface area contributed by atoms with E-state index >= 15 is 0 Å². The summed E-state index contributed by atoms with van der Waals surface area (Å²) in [5.74, 6) is 0.527. The molecule has 0 aliphatic carbocycles. The molecule has 9 nitrogen and oxygen atoms in total. The van der Waals surface area contributed by atoms with Crippen LogP contribution in [0.5, 0.6) is 0 Å². The van der Waals surface area contributed by atoms with Crippen molar-refractivity contribution in [2.24, 2.45) is 0 Å². The van der Waals surface area contributed by atoms with E-state index in [0.29, 0.717) is 35.8 Å². The van der Waals surface area contributed by atoms with Crippen molar-refractivity contribution in [2.45, 2.75) is 32.7 Å². The Morgan fingerprint density at radius 3 is 2.53 bits per heavy atom. The second-order valence-electron chi connectivity index (χ2n) is 11.9. The Hall–Kier alpha value is -5.02. The van der Waals surface area contributed by atoms with Crippen LogP contribution in [0.25, 0.3) is 16.9 Å². The van der Waals surface area contributed by atoms with Gasteiger partial charge >= 0.3 is 0 Å². The smallest absolute Gasteiger partial charge is 0.255 e. The van der Waals surface area contributed by atoms with Gasteiger partial charge in [0.1, 0.15) is 0 Å². The maximum absolute atomic E-state index is 13.0. The Labute approximate surface area is 251 Å². The fourth-order valence-electron chi connectivity index (χ4n) is 5.15. The molecule has 3 N–H and O–H groups in total. The molecular weight excluding hydrogens is 538 g/mol. The predicted octanol–water partition coefficient (Wildman–Crippen LogP) is 5.62. The molecule has 5 aromatic rings. The summed E-state index contributed by atoms with van der Waals surface area (Å²) in [6.45, 7) is 9.13. The lowest BCUT2D eigenvalue weighted by atomic mass is 9.87. The van der Waals surface area contributed by atoms with Crippen LogP contribution in [-0.2, 0) is 16.8 Å². The topological polar surface area (TPSA) is 104 Å². The van der Waals surface area contributed by atoms with E-state index in [1.807, 2.05) is 77.5 Å². The quantitative estimate of drug-likeness (QED) is 0.234. The van der Waals surface area contributed by atoms with Gasteiger partial charge in [-0.25, -0.2) is 9.97 Å². The summed E-state index contributed by atoms with van der Waals surface area (Å²) < 4.78 is 1.93. The number of aromatic nitrogens is 3. The zero-order valence-corrected chi connectivity index (χ0v) is 24.6. The Morgan fingerprint density at radius 2 is 1.79 bits per heavy atom. The van der Waals surface area contributed by atoms with Gasteiger partial charge in [0.25, 0.3) is 5.91 Å². The van der Waals surface area contributed by atoms with Crippen molar-refractivity contribution in [1.29, 1.82) is 0 Å². The summed E-state index contributed by atoms with van der Waals surface area (Å²) in [7, 11) is 0. The van der Waals surface area contributed by atoms with Crippen molar-refractivity contribution in [3.8, 4) is 11.3 Å². The third-order valence-corrected chi connectivity index (χ3v) is 7.54. The third-order valence-electron chi connectivity index (χ3n) is 7.54. The number of hydrogen-bond acceptors (Lipinski definition) is 6. The molecule has 3 aromatic carbocycles. The number of amides is 2. The van der Waals surface area contributed by atoms with Gasteiger partial charge in [-0.2, -0.15) is 0 Å². The second-order valence-corrected chi connectivity index (χ2v) is 11.9. The number of nitrogens with zero attached hydrogens (tertiary/aromatic N) is 4. The molecule has 0 bridgehead atoms. The van der Waals surface area contributed by atoms with Crippen LogP contribution in [0.4, 0.5) is 17.2 Å². The number of hydrogen-bond donors (Lipinski definition) is 3. The van der Waals surface area contributed by atoms with E-state index in [2.05, 4.69) is 58.7 Å². The minimum absolute atomic E-state index is 0.0253. The van der Waals surface area contributed by atoms with Crippen LogP contribution in [-0.4, -0.2) is 50.7 Å². The van der Waals surface area contributed by atoms with Gasteiger partial charge in [0, 0.05) is 60.7 Å². The molecule has 1 aliphatic rings. The highest BCUT2D eigenvalue weighted by molar-refractivity contribution is 6.04. The second kappa shape index (κ2) is 11.7. The molecule has 6 rings (SSSR count). The molecule has 43 heavy (non-hydrogen) atoms. The molecule has 0 radical (unpaired) electrons. The van der Waals surface area contributed by atoms with Crippen LogP contribution < -0.4 is 16.0 Å². The molecule has 0 atom stereocenters. The van der Waals surface area contributed by atoms with Crippen molar-refractivity contribution in [1.82, 2.24) is 24.6 Å². The van der Waals surface area contributed by atoms with Gasteiger partial charge in [0.15, 0.2) is 11.5 Å². The van der Waals surface area contributed by atoms with E-state index in [4.69, 9.17) is 4.98 Å². The molecule has 0 saturated carbocycles. The number of piperazine rings is 1. The first-order valence-electron chi connectivity index (χ1n) is 14.4. The zero-order valence-electron chi connectivity index (χ0n) is 24.6. The molecule has 1 saturated heterocycles. The van der Waals surface area contributed by atoms with Gasteiger partial charge in [0.05, 0.1) is 12.2 Å². The summed E-state index contributed by atoms with van der Waals surface area (Å²) in [5.41, 5.74) is 6.82. The van der Waals surface area contributed by atoms with Crippen molar-refractivity contribution < 1.29 is 9.59 Å². The molecule has 9 heteroatoms. The monoisotopic (exact) mass is 573 g/mol. The Bertz CT molecular complexity index is 1770. The van der Waals surface area contributed by atoms with E-state index < -0.39 is 0 Å². The minimum Gasteiger partial charge on any atom is -0.354 e. The Morgan fingerprint density at radius 1 is 1.00 bits per heavy atom. The van der Waals surface area contributed by atoms with Crippen LogP contribution in [0.15, 0.2) is 91.4 Å². The molecule has 1 aliphatic heterocycles. The van der Waals surface area contributed by atoms with E-state index in [0.717, 1.165) is 35.6 Å². The fraction of sp³-hybridized carbons (Fsp3) is 0.235. The van der Waals surface area contributed by atoms with Crippen molar-refractivity contribution in [3.05, 3.63) is 108 Å². The van der Waals surface area contributed by atoms with Crippen molar-refractivity contribution in [2.75, 3.05) is 30.3 Å². The highest BCUT2D eigenvalue weighted by Crippen LogP contribution is 2.27. The van der Waals surface area contributed by atoms with E-state index in [1.165, 1.54) is 5.56 Å². The maximum Gasteiger partial charge on any atom is 0.255 e. The lowest BCUT2D eigenvalue weighted by Crippen LogP contribution is -2.47. The average Bonchev–Trinajstić information content (AvgIpc) is 3.47. The number of nitrogens with one attached hydrogen (secondary N) is 3. The van der Waals surface area contributed by atoms with Gasteiger partial charge in [-0.3, -0.25) is 14.5 Å². The van der Waals surface area contributed by atoms with Crippen LogP contribution in [0, 0.1) is 0 Å². The average molecular weight is 574 g/mol. The fourth-order valence-corrected chi connectivity index (χ4v) is 5.15. The number of benzene rings is 3. The Balaban J connectivity index is 1.19. The van der Waals surface area contributed by atoms with Gasteiger partial charge in [0.2, 0.25) is 5.91 Å². The summed E-state index contributed by atoms with van der Waals surface area (Å²) in [6.07, 6.45) is 5.55. The van der Waals surface area contributed by atoms with Gasteiger partial charge < -0.3 is 20.4 Å². The van der Waals surface area contributed by atoms with Gasteiger partial charge in [-0.15, -0.1) is 0 Å². The van der Waals surface area contributed by atoms with Crippen molar-refractivity contribution in [3.63, 3.8) is 0 Å². The summed E-state index contributed by atoms with van der Waals surface area (Å²) in [6, 6.07) is 23.6. The number of carbonyl (C=O) groups excluding carboxylic acids is 2. The number of rotatable bonds is 7. The molecule has 0 unspecified atom stereocenters. The number of carbonyl (C=O) groups is 2. The Kier molecular flexibility index (Phi) is 7.65. The lowest BCUT2D eigenvalue weighted by molar-refractivity contribution is -0.124. The van der Waals surface area contributed by atoms with Crippen LogP contribution in [0.2, 0.25) is 0 Å². The van der Waals surface area contributed by atoms with Gasteiger partial charge in [-0.05, 0) is 52.9 Å². The minimum atomic E-state index is -0.162. The number of anilines is 3. The molecular formula is C34H35N7O2. The van der Waals surface area contributed by atoms with Crippen LogP contribution in [0.3, 0.4) is 0 Å². The van der Waals surface area contributed by atoms with Crippen LogP contribution in [0.1, 0.15) is 42.3 Å². The van der Waals surface area contributed by atoms with Crippen molar-refractivity contribution >= 4 is 34.7 Å². The summed E-state index contributed by atoms with van der Waals surface area (Å²) in [4.78, 5) is 36.3. The van der Waals surface area contributed by atoms with Gasteiger partial charge in [-0.1, -0.05) is 57.2 Å². The van der Waals surface area contributed by atoms with Crippen LogP contribution >= 0.6 is 0 Å². The molecule has 1 fully saturated rings. The number of imidazole rings is 1. The summed E-state index contributed by atoms with van der Waals surface area (Å²) >= 11 is 0. The standard InChI is InChI=1S/C34H35N7O2/c1-34(2,3)26-11-9-24(10-12-26)33(43)38-28-6-4-5-25(19-28)29-21-41-18-16-36-32(41)31(39-29)37-27-13-7-23(8-14-27)20-40-17-15-35-30(42)22-40/h4-14,16,18-19,21H,15,17,20,22H2,1-3H3,(H,35,42)(H,37,39)(H,38,43). The lowest BCUT2D eigenvalue weighted by Gasteiger charge is -2.26. The maximum atomic E-state index is 13.0. The molecule has 2 amide bonds. The zero-order chi connectivity index (χ0) is 30.0. The first kappa shape index (κ1) is 28.1. The highest BCUT2D eigenvalue weighted by atomic mass is 16.2. The number of fused-ring (bicyclic) bond motifs is 1. The molecule has 2 aromatic heterocycles. The normalized spacial score (nSPS) is 14.0. The first-order valence-corrected chi connectivity index (χ1v) is 14.4. The first-order chi connectivity index (χ1) is 20.7. The highest BCUT2D eigenvalue weighted by Gasteiger charge is 2.17. The molecule has 3 heterocycles. The summed E-state index contributed by atoms with van der Waals surface area (Å²) in [5, 5.41) is 9.31. The van der Waals surface area contributed by atoms with E-state index in [-0.39, 0.29) is 17.2 Å². The molecule has 0 spiro atoms. The largest absolute Gasteiger partial charge is 0.354 e. The third kappa shape index (κ3) is 6.57. The van der Waals surface area contributed by atoms with E-state index in [9.17, 15) is 9.59 Å². The predicted molar refractivity (Wildman–Crippen MR) is 170 cm³/mol. The SMILES string of the molecule is CC(C)(C)c1ccc(C(=O)Nc2cccc(-c3cn4ccnc4c(Nc4ccc(CN5CCNC(=O)C5)cc4)n3)c2)cc1.